The summed E-state index contributed by atoms with van der Waals surface area (Å²) in [5, 5.41) is 11.9. The molecule has 22 heavy (non-hydrogen) atoms. The zero-order chi connectivity index (χ0) is 15.9. The molecule has 2 aromatic rings. The van der Waals surface area contributed by atoms with Crippen molar-refractivity contribution < 1.29 is 9.84 Å². The molecule has 1 fully saturated rings. The SMILES string of the molecule is CO[C@H]1CN(c2ncc(C(C)CO)c3cc(Cl)ncc23)[C@@H]1C. The number of methoxy groups -OCH3 is 1. The molecule has 1 aliphatic heterocycles. The number of pyridine rings is 2. The Hall–Kier alpha value is -1.43. The fraction of sp³-hybridized carbons (Fsp3) is 0.500. The number of halogens is 1. The first-order valence-electron chi connectivity index (χ1n) is 7.41. The summed E-state index contributed by atoms with van der Waals surface area (Å²) in [6.07, 6.45) is 3.83. The van der Waals surface area contributed by atoms with Crippen LogP contribution in [0.15, 0.2) is 18.5 Å². The van der Waals surface area contributed by atoms with Crippen molar-refractivity contribution in [2.75, 3.05) is 25.2 Å². The molecule has 2 aromatic heterocycles. The lowest BCUT2D eigenvalue weighted by atomic mass is 9.96. The van der Waals surface area contributed by atoms with Gasteiger partial charge in [0.05, 0.1) is 12.1 Å². The normalized spacial score (nSPS) is 22.7. The third-order valence-corrected chi connectivity index (χ3v) is 4.74. The van der Waals surface area contributed by atoms with E-state index in [-0.39, 0.29) is 24.7 Å². The van der Waals surface area contributed by atoms with Gasteiger partial charge in [-0.25, -0.2) is 9.97 Å². The van der Waals surface area contributed by atoms with Crippen LogP contribution in [-0.2, 0) is 4.74 Å². The molecule has 3 rings (SSSR count). The van der Waals surface area contributed by atoms with Gasteiger partial charge in [0.25, 0.3) is 0 Å². The van der Waals surface area contributed by atoms with Crippen molar-refractivity contribution in [1.82, 2.24) is 9.97 Å². The van der Waals surface area contributed by atoms with Crippen LogP contribution in [0.3, 0.4) is 0 Å². The van der Waals surface area contributed by atoms with Gasteiger partial charge < -0.3 is 14.7 Å². The Morgan fingerprint density at radius 1 is 1.41 bits per heavy atom. The smallest absolute Gasteiger partial charge is 0.138 e. The van der Waals surface area contributed by atoms with Crippen molar-refractivity contribution in [2.24, 2.45) is 0 Å². The molecule has 1 N–H and O–H groups in total. The predicted molar refractivity (Wildman–Crippen MR) is 87.7 cm³/mol. The number of fused-ring (bicyclic) bond motifs is 1. The quantitative estimate of drug-likeness (QED) is 0.877. The molecule has 1 unspecified atom stereocenters. The van der Waals surface area contributed by atoms with Crippen LogP contribution >= 0.6 is 11.6 Å². The van der Waals surface area contributed by atoms with Gasteiger partial charge in [0, 0.05) is 44.0 Å². The summed E-state index contributed by atoms with van der Waals surface area (Å²) in [6, 6.07) is 2.12. The Kier molecular flexibility index (Phi) is 4.21. The minimum atomic E-state index is 0.00283. The maximum atomic E-state index is 9.46. The Balaban J connectivity index is 2.10. The van der Waals surface area contributed by atoms with Crippen molar-refractivity contribution in [3.05, 3.63) is 29.2 Å². The van der Waals surface area contributed by atoms with E-state index in [0.717, 1.165) is 28.7 Å². The van der Waals surface area contributed by atoms with Crippen LogP contribution in [0.2, 0.25) is 5.15 Å². The van der Waals surface area contributed by atoms with Gasteiger partial charge in [-0.15, -0.1) is 0 Å². The minimum Gasteiger partial charge on any atom is -0.396 e. The molecule has 0 saturated carbocycles. The Morgan fingerprint density at radius 3 is 2.82 bits per heavy atom. The van der Waals surface area contributed by atoms with E-state index in [1.807, 2.05) is 19.2 Å². The maximum absolute atomic E-state index is 9.46. The molecule has 5 nitrogen and oxygen atoms in total. The Labute approximate surface area is 134 Å². The number of anilines is 1. The first-order chi connectivity index (χ1) is 10.6. The largest absolute Gasteiger partial charge is 0.396 e. The van der Waals surface area contributed by atoms with Gasteiger partial charge in [0.15, 0.2) is 0 Å². The van der Waals surface area contributed by atoms with Crippen LogP contribution < -0.4 is 4.90 Å². The zero-order valence-corrected chi connectivity index (χ0v) is 13.7. The van der Waals surface area contributed by atoms with E-state index < -0.39 is 0 Å². The molecular weight excluding hydrogens is 302 g/mol. The molecule has 0 spiro atoms. The summed E-state index contributed by atoms with van der Waals surface area (Å²) in [4.78, 5) is 11.0. The summed E-state index contributed by atoms with van der Waals surface area (Å²) < 4.78 is 5.42. The Bertz CT molecular complexity index is 694. The number of nitrogens with zero attached hydrogens (tertiary/aromatic N) is 3. The molecule has 118 valence electrons. The van der Waals surface area contributed by atoms with Gasteiger partial charge in [0.1, 0.15) is 11.0 Å². The summed E-state index contributed by atoms with van der Waals surface area (Å²) in [6.45, 7) is 4.98. The molecule has 3 heterocycles. The van der Waals surface area contributed by atoms with Gasteiger partial charge in [-0.1, -0.05) is 18.5 Å². The molecule has 0 amide bonds. The van der Waals surface area contributed by atoms with Crippen LogP contribution in [0.5, 0.6) is 0 Å². The second kappa shape index (κ2) is 5.99. The minimum absolute atomic E-state index is 0.00283. The van der Waals surface area contributed by atoms with Crippen molar-refractivity contribution in [1.29, 1.82) is 0 Å². The van der Waals surface area contributed by atoms with E-state index in [4.69, 9.17) is 16.3 Å². The first-order valence-corrected chi connectivity index (χ1v) is 7.79. The average Bonchev–Trinajstić information content (AvgIpc) is 2.52. The van der Waals surface area contributed by atoms with E-state index in [9.17, 15) is 5.11 Å². The maximum Gasteiger partial charge on any atom is 0.138 e. The summed E-state index contributed by atoms with van der Waals surface area (Å²) in [7, 11) is 1.73. The number of aromatic nitrogens is 2. The van der Waals surface area contributed by atoms with Gasteiger partial charge in [-0.3, -0.25) is 0 Å². The number of rotatable bonds is 4. The topological polar surface area (TPSA) is 58.5 Å². The van der Waals surface area contributed by atoms with Crippen LogP contribution in [0, 0.1) is 0 Å². The van der Waals surface area contributed by atoms with E-state index in [0.29, 0.717) is 5.15 Å². The molecule has 6 heteroatoms. The second-order valence-corrected chi connectivity index (χ2v) is 6.23. The van der Waals surface area contributed by atoms with Crippen molar-refractivity contribution in [3.8, 4) is 0 Å². The van der Waals surface area contributed by atoms with Crippen LogP contribution in [0.1, 0.15) is 25.3 Å². The lowest BCUT2D eigenvalue weighted by Crippen LogP contribution is -2.59. The third-order valence-electron chi connectivity index (χ3n) is 4.53. The van der Waals surface area contributed by atoms with Crippen molar-refractivity contribution in [3.63, 3.8) is 0 Å². The number of aliphatic hydroxyl groups excluding tert-OH is 1. The molecule has 0 bridgehead atoms. The van der Waals surface area contributed by atoms with Crippen molar-refractivity contribution >= 4 is 28.2 Å². The summed E-state index contributed by atoms with van der Waals surface area (Å²) >= 11 is 6.06. The van der Waals surface area contributed by atoms with Gasteiger partial charge in [0.2, 0.25) is 0 Å². The molecule has 0 aliphatic carbocycles. The fourth-order valence-corrected chi connectivity index (χ4v) is 3.12. The lowest BCUT2D eigenvalue weighted by molar-refractivity contribution is 0.0456. The number of ether oxygens (including phenoxy) is 1. The van der Waals surface area contributed by atoms with E-state index >= 15 is 0 Å². The average molecular weight is 322 g/mol. The van der Waals surface area contributed by atoms with Crippen LogP contribution in [0.4, 0.5) is 5.82 Å². The van der Waals surface area contributed by atoms with Gasteiger partial charge in [-0.05, 0) is 23.9 Å². The predicted octanol–water partition coefficient (Wildman–Crippen LogP) is 2.60. The van der Waals surface area contributed by atoms with Crippen LogP contribution in [-0.4, -0.2) is 47.5 Å². The van der Waals surface area contributed by atoms with E-state index in [1.54, 1.807) is 13.3 Å². The molecule has 1 aliphatic rings. The highest BCUT2D eigenvalue weighted by molar-refractivity contribution is 6.30. The number of hydrogen-bond acceptors (Lipinski definition) is 5. The summed E-state index contributed by atoms with van der Waals surface area (Å²) in [5.74, 6) is 0.900. The highest BCUT2D eigenvalue weighted by Gasteiger charge is 2.37. The van der Waals surface area contributed by atoms with Crippen molar-refractivity contribution in [2.45, 2.75) is 31.9 Å². The molecule has 0 aromatic carbocycles. The molecule has 1 saturated heterocycles. The Morgan fingerprint density at radius 2 is 2.18 bits per heavy atom. The highest BCUT2D eigenvalue weighted by atomic mass is 35.5. The molecular formula is C16H20ClN3O2. The van der Waals surface area contributed by atoms with E-state index in [1.165, 1.54) is 0 Å². The summed E-state index contributed by atoms with van der Waals surface area (Å²) in [5.41, 5.74) is 0.988. The van der Waals surface area contributed by atoms with Gasteiger partial charge in [-0.2, -0.15) is 0 Å². The third kappa shape index (κ3) is 2.43. The zero-order valence-electron chi connectivity index (χ0n) is 13.0. The van der Waals surface area contributed by atoms with Gasteiger partial charge >= 0.3 is 0 Å². The number of hydrogen-bond donors (Lipinski definition) is 1. The monoisotopic (exact) mass is 321 g/mol. The first kappa shape index (κ1) is 15.5. The van der Waals surface area contributed by atoms with Crippen LogP contribution in [0.25, 0.3) is 10.8 Å². The van der Waals surface area contributed by atoms with E-state index in [2.05, 4.69) is 21.8 Å². The molecule has 0 radical (unpaired) electrons. The lowest BCUT2D eigenvalue weighted by Gasteiger charge is -2.46. The standard InChI is InChI=1S/C16H20ClN3O2/c1-9(8-21)12-5-19-16(20-7-14(22-3)10(20)2)13-6-18-15(17)4-11(12)13/h4-6,9-10,14,21H,7-8H2,1-3H3/t9?,10-,14+/m1/s1. The highest BCUT2D eigenvalue weighted by Crippen LogP contribution is 2.35. The molecule has 3 atom stereocenters. The number of aliphatic hydroxyl groups is 1. The second-order valence-electron chi connectivity index (χ2n) is 5.84. The fourth-order valence-electron chi connectivity index (χ4n) is 2.96.